The second-order valence-electron chi connectivity index (χ2n) is 6.23. The number of nitrogens with zero attached hydrogens (tertiary/aromatic N) is 5. The molecule has 0 radical (unpaired) electrons. The molecule has 1 saturated heterocycles. The van der Waals surface area contributed by atoms with E-state index in [1.165, 1.54) is 12.4 Å². The van der Waals surface area contributed by atoms with Crippen molar-refractivity contribution in [2.75, 3.05) is 45.1 Å². The Balaban J connectivity index is 1.73. The number of nitro groups is 1. The molecule has 0 bridgehead atoms. The number of anilines is 1. The summed E-state index contributed by atoms with van der Waals surface area (Å²) < 4.78 is 0. The fraction of sp³-hybridized carbons (Fsp3) is 0.412. The van der Waals surface area contributed by atoms with Gasteiger partial charge in [0.1, 0.15) is 12.4 Å². The van der Waals surface area contributed by atoms with Crippen LogP contribution in [0.15, 0.2) is 42.7 Å². The highest BCUT2D eigenvalue weighted by Crippen LogP contribution is 2.20. The van der Waals surface area contributed by atoms with E-state index in [4.69, 9.17) is 0 Å². The molecule has 1 aromatic carbocycles. The van der Waals surface area contributed by atoms with Crippen molar-refractivity contribution in [1.82, 2.24) is 19.8 Å². The lowest BCUT2D eigenvalue weighted by Gasteiger charge is -2.35. The van der Waals surface area contributed by atoms with Crippen molar-refractivity contribution >= 4 is 11.6 Å². The molecule has 1 fully saturated rings. The summed E-state index contributed by atoms with van der Waals surface area (Å²) >= 11 is 0. The first-order valence-corrected chi connectivity index (χ1v) is 8.30. The van der Waals surface area contributed by atoms with Gasteiger partial charge in [-0.3, -0.25) is 15.0 Å². The Morgan fingerprint density at radius 3 is 2.40 bits per heavy atom. The van der Waals surface area contributed by atoms with Crippen molar-refractivity contribution < 1.29 is 4.92 Å². The molecule has 0 aliphatic carbocycles. The number of aromatic nitrogens is 2. The summed E-state index contributed by atoms with van der Waals surface area (Å²) in [5.41, 5.74) is 1.03. The van der Waals surface area contributed by atoms with E-state index in [1.54, 1.807) is 0 Å². The number of rotatable bonds is 6. The Morgan fingerprint density at radius 2 is 1.80 bits per heavy atom. The molecule has 2 heterocycles. The number of nitrogens with one attached hydrogen (secondary N) is 1. The quantitative estimate of drug-likeness (QED) is 0.632. The monoisotopic (exact) mass is 342 g/mol. The van der Waals surface area contributed by atoms with E-state index < -0.39 is 4.92 Å². The predicted octanol–water partition coefficient (Wildman–Crippen LogP) is 1.79. The van der Waals surface area contributed by atoms with Gasteiger partial charge in [-0.1, -0.05) is 30.3 Å². The van der Waals surface area contributed by atoms with Gasteiger partial charge in [-0.15, -0.1) is 0 Å². The lowest BCUT2D eigenvalue weighted by Crippen LogP contribution is -2.46. The van der Waals surface area contributed by atoms with E-state index in [9.17, 15) is 10.1 Å². The average Bonchev–Trinajstić information content (AvgIpc) is 2.64. The van der Waals surface area contributed by atoms with E-state index >= 15 is 0 Å². The zero-order valence-electron chi connectivity index (χ0n) is 14.2. The average molecular weight is 342 g/mol. The van der Waals surface area contributed by atoms with Crippen LogP contribution in [-0.4, -0.2) is 64.5 Å². The van der Waals surface area contributed by atoms with Crippen molar-refractivity contribution in [2.45, 2.75) is 6.04 Å². The van der Waals surface area contributed by atoms with E-state index in [0.29, 0.717) is 5.95 Å². The molecule has 25 heavy (non-hydrogen) atoms. The Kier molecular flexibility index (Phi) is 5.52. The van der Waals surface area contributed by atoms with Crippen LogP contribution < -0.4 is 5.32 Å². The SMILES string of the molecule is CN1CCN(C[C@@H](Nc2ncc([N+](=O)[O-])cn2)c2ccccc2)CC1. The van der Waals surface area contributed by atoms with Gasteiger partial charge in [0.15, 0.2) is 0 Å². The molecule has 2 aromatic rings. The highest BCUT2D eigenvalue weighted by molar-refractivity contribution is 5.35. The molecular formula is C17H22N6O2. The summed E-state index contributed by atoms with van der Waals surface area (Å²) in [4.78, 5) is 23.1. The first-order chi connectivity index (χ1) is 12.1. The summed E-state index contributed by atoms with van der Waals surface area (Å²) in [6.07, 6.45) is 2.46. The van der Waals surface area contributed by atoms with Gasteiger partial charge in [0.05, 0.1) is 11.0 Å². The Morgan fingerprint density at radius 1 is 1.16 bits per heavy atom. The second kappa shape index (κ2) is 8.00. The van der Waals surface area contributed by atoms with Crippen molar-refractivity contribution in [2.24, 2.45) is 0 Å². The van der Waals surface area contributed by atoms with Gasteiger partial charge in [-0.25, -0.2) is 9.97 Å². The van der Waals surface area contributed by atoms with Crippen LogP contribution >= 0.6 is 0 Å². The highest BCUT2D eigenvalue weighted by Gasteiger charge is 2.20. The van der Waals surface area contributed by atoms with Crippen molar-refractivity contribution in [3.63, 3.8) is 0 Å². The zero-order chi connectivity index (χ0) is 17.6. The van der Waals surface area contributed by atoms with Gasteiger partial charge < -0.3 is 10.2 Å². The minimum Gasteiger partial charge on any atom is -0.346 e. The molecule has 132 valence electrons. The van der Waals surface area contributed by atoms with Crippen LogP contribution in [0.25, 0.3) is 0 Å². The summed E-state index contributed by atoms with van der Waals surface area (Å²) in [7, 11) is 2.13. The Hall–Kier alpha value is -2.58. The molecule has 0 unspecified atom stereocenters. The van der Waals surface area contributed by atoms with Crippen LogP contribution in [0.2, 0.25) is 0 Å². The number of piperazine rings is 1. The van der Waals surface area contributed by atoms with Crippen LogP contribution in [0.1, 0.15) is 11.6 Å². The third-order valence-corrected chi connectivity index (χ3v) is 4.39. The molecule has 1 N–H and O–H groups in total. The summed E-state index contributed by atoms with van der Waals surface area (Å²) in [5, 5.41) is 14.1. The minimum atomic E-state index is -0.497. The Labute approximate surface area is 146 Å². The van der Waals surface area contributed by atoms with Gasteiger partial charge in [-0.05, 0) is 12.6 Å². The van der Waals surface area contributed by atoms with Crippen molar-refractivity contribution in [1.29, 1.82) is 0 Å². The maximum Gasteiger partial charge on any atom is 0.305 e. The van der Waals surface area contributed by atoms with E-state index in [0.717, 1.165) is 38.3 Å². The number of hydrogen-bond acceptors (Lipinski definition) is 7. The maximum absolute atomic E-state index is 10.7. The normalized spacial score (nSPS) is 17.2. The molecule has 0 spiro atoms. The van der Waals surface area contributed by atoms with Gasteiger partial charge in [0.25, 0.3) is 0 Å². The number of benzene rings is 1. The minimum absolute atomic E-state index is 0.0195. The Bertz CT molecular complexity index is 686. The summed E-state index contributed by atoms with van der Waals surface area (Å²) in [5.74, 6) is 0.397. The van der Waals surface area contributed by atoms with Crippen LogP contribution in [-0.2, 0) is 0 Å². The van der Waals surface area contributed by atoms with Gasteiger partial charge in [0.2, 0.25) is 5.95 Å². The van der Waals surface area contributed by atoms with E-state index in [-0.39, 0.29) is 11.7 Å². The zero-order valence-corrected chi connectivity index (χ0v) is 14.2. The predicted molar refractivity (Wildman–Crippen MR) is 95.4 cm³/mol. The fourth-order valence-corrected chi connectivity index (χ4v) is 2.85. The van der Waals surface area contributed by atoms with E-state index in [1.807, 2.05) is 18.2 Å². The maximum atomic E-state index is 10.7. The molecule has 1 aromatic heterocycles. The van der Waals surface area contributed by atoms with Gasteiger partial charge in [0, 0.05) is 32.7 Å². The first kappa shape index (κ1) is 17.2. The third kappa shape index (κ3) is 4.71. The van der Waals surface area contributed by atoms with Crippen LogP contribution in [0.4, 0.5) is 11.6 Å². The van der Waals surface area contributed by atoms with E-state index in [2.05, 4.69) is 44.3 Å². The molecule has 8 nitrogen and oxygen atoms in total. The summed E-state index contributed by atoms with van der Waals surface area (Å²) in [6, 6.07) is 10.2. The lowest BCUT2D eigenvalue weighted by molar-refractivity contribution is -0.385. The van der Waals surface area contributed by atoms with Crippen LogP contribution in [0.3, 0.4) is 0 Å². The van der Waals surface area contributed by atoms with Crippen LogP contribution in [0.5, 0.6) is 0 Å². The molecule has 1 aliphatic rings. The first-order valence-electron chi connectivity index (χ1n) is 8.30. The molecule has 1 atom stereocenters. The van der Waals surface area contributed by atoms with Gasteiger partial charge in [-0.2, -0.15) is 0 Å². The fourth-order valence-electron chi connectivity index (χ4n) is 2.85. The number of likely N-dealkylation sites (N-methyl/N-ethyl adjacent to an activating group) is 1. The summed E-state index contributed by atoms with van der Waals surface area (Å²) in [6.45, 7) is 4.97. The molecule has 3 rings (SSSR count). The standard InChI is InChI=1S/C17H22N6O2/c1-21-7-9-22(10-8-21)13-16(14-5-3-2-4-6-14)20-17-18-11-15(12-19-17)23(24)25/h2-6,11-12,16H,7-10,13H2,1H3,(H,18,19,20)/t16-/m1/s1. The smallest absolute Gasteiger partial charge is 0.305 e. The van der Waals surface area contributed by atoms with Crippen LogP contribution in [0, 0.1) is 10.1 Å². The largest absolute Gasteiger partial charge is 0.346 e. The molecule has 1 aliphatic heterocycles. The van der Waals surface area contributed by atoms with Crippen molar-refractivity contribution in [3.05, 3.63) is 58.4 Å². The topological polar surface area (TPSA) is 87.4 Å². The van der Waals surface area contributed by atoms with Crippen molar-refractivity contribution in [3.8, 4) is 0 Å². The second-order valence-corrected chi connectivity index (χ2v) is 6.23. The molecule has 8 heteroatoms. The number of hydrogen-bond donors (Lipinski definition) is 1. The molecule has 0 amide bonds. The molecule has 0 saturated carbocycles. The molecular weight excluding hydrogens is 320 g/mol. The third-order valence-electron chi connectivity index (χ3n) is 4.39. The highest BCUT2D eigenvalue weighted by atomic mass is 16.6. The van der Waals surface area contributed by atoms with Gasteiger partial charge >= 0.3 is 5.69 Å². The lowest BCUT2D eigenvalue weighted by atomic mass is 10.1.